The van der Waals surface area contributed by atoms with Gasteiger partial charge in [-0.2, -0.15) is 0 Å². The second-order valence-electron chi connectivity index (χ2n) is 3.29. The lowest BCUT2D eigenvalue weighted by Gasteiger charge is -2.10. The molecule has 0 aliphatic heterocycles. The fraction of sp³-hybridized carbons (Fsp3) is 0.417. The molecule has 1 aromatic carbocycles. The van der Waals surface area contributed by atoms with Crippen molar-refractivity contribution in [2.45, 2.75) is 19.8 Å². The normalized spacial score (nSPS) is 11.5. The zero-order valence-corrected chi connectivity index (χ0v) is 9.32. The summed E-state index contributed by atoms with van der Waals surface area (Å²) < 4.78 is 17.4. The molecule has 0 aliphatic carbocycles. The summed E-state index contributed by atoms with van der Waals surface area (Å²) in [7, 11) is 0. The van der Waals surface area contributed by atoms with Crippen molar-refractivity contribution in [3.63, 3.8) is 0 Å². The third-order valence-corrected chi connectivity index (χ3v) is 2.19. The molecule has 0 saturated heterocycles. The van der Waals surface area contributed by atoms with Crippen LogP contribution in [-0.2, 0) is 0 Å². The predicted octanol–water partition coefficient (Wildman–Crippen LogP) is 3.01. The van der Waals surface area contributed by atoms with E-state index in [2.05, 4.69) is 5.16 Å². The quantitative estimate of drug-likeness (QED) is 0.350. The van der Waals surface area contributed by atoms with E-state index in [0.717, 1.165) is 5.56 Å². The Labute approximate surface area is 94.5 Å². The van der Waals surface area contributed by atoms with Crippen LogP contribution in [0.2, 0.25) is 0 Å². The van der Waals surface area contributed by atoms with Crippen LogP contribution < -0.4 is 4.74 Å². The zero-order valence-electron chi connectivity index (χ0n) is 9.32. The van der Waals surface area contributed by atoms with Gasteiger partial charge >= 0.3 is 0 Å². The van der Waals surface area contributed by atoms with Gasteiger partial charge in [-0.1, -0.05) is 24.2 Å². The van der Waals surface area contributed by atoms with Crippen LogP contribution in [0.3, 0.4) is 0 Å². The maximum atomic E-state index is 11.9. The van der Waals surface area contributed by atoms with Crippen molar-refractivity contribution < 1.29 is 14.3 Å². The molecule has 1 rings (SSSR count). The number of oxime groups is 1. The predicted molar refractivity (Wildman–Crippen MR) is 61.1 cm³/mol. The van der Waals surface area contributed by atoms with Crippen LogP contribution in [0.1, 0.15) is 25.3 Å². The summed E-state index contributed by atoms with van der Waals surface area (Å²) >= 11 is 0. The number of halogens is 1. The number of para-hydroxylation sites is 1. The number of ether oxygens (including phenoxy) is 1. The average molecular weight is 225 g/mol. The van der Waals surface area contributed by atoms with Gasteiger partial charge in [-0.25, -0.2) is 0 Å². The number of hydrogen-bond donors (Lipinski definition) is 1. The van der Waals surface area contributed by atoms with Gasteiger partial charge in [0.1, 0.15) is 5.75 Å². The smallest absolute Gasteiger partial charge is 0.128 e. The van der Waals surface area contributed by atoms with Gasteiger partial charge in [-0.15, -0.1) is 0 Å². The standard InChI is InChI=1S/C12H16FNO2/c1-2-11(14-15)10-6-3-4-7-12(10)16-9-5-8-13/h3-4,6-7,15H,2,5,8-9H2,1H3/b14-11-. The Morgan fingerprint density at radius 2 is 2.19 bits per heavy atom. The van der Waals surface area contributed by atoms with E-state index >= 15 is 0 Å². The molecule has 0 atom stereocenters. The van der Waals surface area contributed by atoms with Crippen molar-refractivity contribution in [2.24, 2.45) is 5.16 Å². The van der Waals surface area contributed by atoms with Crippen LogP contribution in [0.15, 0.2) is 29.4 Å². The molecule has 88 valence electrons. The Morgan fingerprint density at radius 3 is 2.81 bits per heavy atom. The van der Waals surface area contributed by atoms with Crippen molar-refractivity contribution in [1.82, 2.24) is 0 Å². The lowest BCUT2D eigenvalue weighted by atomic mass is 10.1. The number of nitrogens with zero attached hydrogens (tertiary/aromatic N) is 1. The molecular formula is C12H16FNO2. The van der Waals surface area contributed by atoms with Crippen LogP contribution in [-0.4, -0.2) is 24.2 Å². The minimum atomic E-state index is -0.392. The molecule has 0 saturated carbocycles. The van der Waals surface area contributed by atoms with Gasteiger partial charge in [-0.3, -0.25) is 4.39 Å². The van der Waals surface area contributed by atoms with Crippen LogP contribution in [0.5, 0.6) is 5.75 Å². The van der Waals surface area contributed by atoms with Crippen LogP contribution >= 0.6 is 0 Å². The summed E-state index contributed by atoms with van der Waals surface area (Å²) in [6, 6.07) is 7.29. The Kier molecular flexibility index (Phi) is 5.32. The van der Waals surface area contributed by atoms with Crippen molar-refractivity contribution in [3.8, 4) is 5.75 Å². The highest BCUT2D eigenvalue weighted by atomic mass is 19.1. The Morgan fingerprint density at radius 1 is 1.44 bits per heavy atom. The van der Waals surface area contributed by atoms with Gasteiger partial charge in [0.05, 0.1) is 19.0 Å². The zero-order chi connectivity index (χ0) is 11.8. The molecule has 1 aromatic rings. The number of hydrogen-bond acceptors (Lipinski definition) is 3. The minimum Gasteiger partial charge on any atom is -0.493 e. The molecule has 0 radical (unpaired) electrons. The topological polar surface area (TPSA) is 41.8 Å². The molecule has 0 unspecified atom stereocenters. The van der Waals surface area contributed by atoms with E-state index in [1.807, 2.05) is 25.1 Å². The molecule has 0 heterocycles. The van der Waals surface area contributed by atoms with Gasteiger partial charge in [0.25, 0.3) is 0 Å². The largest absolute Gasteiger partial charge is 0.493 e. The lowest BCUT2D eigenvalue weighted by molar-refractivity contribution is 0.288. The summed E-state index contributed by atoms with van der Waals surface area (Å²) in [5.41, 5.74) is 1.32. The van der Waals surface area contributed by atoms with Crippen molar-refractivity contribution >= 4 is 5.71 Å². The van der Waals surface area contributed by atoms with E-state index in [0.29, 0.717) is 30.9 Å². The van der Waals surface area contributed by atoms with E-state index < -0.39 is 6.67 Å². The van der Waals surface area contributed by atoms with Gasteiger partial charge in [0, 0.05) is 12.0 Å². The first-order chi connectivity index (χ1) is 7.83. The van der Waals surface area contributed by atoms with Crippen LogP contribution in [0, 0.1) is 0 Å². The Balaban J connectivity index is 2.83. The molecule has 0 aliphatic rings. The third-order valence-electron chi connectivity index (χ3n) is 2.19. The molecular weight excluding hydrogens is 209 g/mol. The average Bonchev–Trinajstić information content (AvgIpc) is 2.33. The molecule has 3 nitrogen and oxygen atoms in total. The monoisotopic (exact) mass is 225 g/mol. The van der Waals surface area contributed by atoms with Crippen LogP contribution in [0.4, 0.5) is 4.39 Å². The maximum Gasteiger partial charge on any atom is 0.128 e. The van der Waals surface area contributed by atoms with Gasteiger partial charge in [0.2, 0.25) is 0 Å². The highest BCUT2D eigenvalue weighted by Gasteiger charge is 2.08. The van der Waals surface area contributed by atoms with E-state index in [-0.39, 0.29) is 0 Å². The SMILES string of the molecule is CC/C(=N/O)c1ccccc1OCCCF. The molecule has 0 bridgehead atoms. The van der Waals surface area contributed by atoms with E-state index in [4.69, 9.17) is 9.94 Å². The van der Waals surface area contributed by atoms with Gasteiger partial charge in [-0.05, 0) is 18.6 Å². The molecule has 16 heavy (non-hydrogen) atoms. The van der Waals surface area contributed by atoms with Crippen molar-refractivity contribution in [1.29, 1.82) is 0 Å². The van der Waals surface area contributed by atoms with E-state index in [9.17, 15) is 4.39 Å². The summed E-state index contributed by atoms with van der Waals surface area (Å²) in [6.45, 7) is 1.83. The van der Waals surface area contributed by atoms with Gasteiger partial charge in [0.15, 0.2) is 0 Å². The van der Waals surface area contributed by atoms with Gasteiger partial charge < -0.3 is 9.94 Å². The molecule has 0 spiro atoms. The fourth-order valence-electron chi connectivity index (χ4n) is 1.38. The second-order valence-corrected chi connectivity index (χ2v) is 3.29. The first-order valence-electron chi connectivity index (χ1n) is 5.32. The molecule has 4 heteroatoms. The third kappa shape index (κ3) is 3.22. The van der Waals surface area contributed by atoms with Crippen molar-refractivity contribution in [3.05, 3.63) is 29.8 Å². The summed E-state index contributed by atoms with van der Waals surface area (Å²) in [4.78, 5) is 0. The minimum absolute atomic E-state index is 0.329. The second kappa shape index (κ2) is 6.82. The number of benzene rings is 1. The summed E-state index contributed by atoms with van der Waals surface area (Å²) in [5, 5.41) is 12.1. The molecule has 0 amide bonds. The Hall–Kier alpha value is -1.58. The summed E-state index contributed by atoms with van der Waals surface area (Å²) in [6.07, 6.45) is 0.978. The lowest BCUT2D eigenvalue weighted by Crippen LogP contribution is -2.05. The molecule has 0 aromatic heterocycles. The van der Waals surface area contributed by atoms with E-state index in [1.165, 1.54) is 0 Å². The Bertz CT molecular complexity index is 353. The van der Waals surface area contributed by atoms with Crippen molar-refractivity contribution in [2.75, 3.05) is 13.3 Å². The summed E-state index contributed by atoms with van der Waals surface area (Å²) in [5.74, 6) is 0.630. The van der Waals surface area contributed by atoms with E-state index in [1.54, 1.807) is 6.07 Å². The number of rotatable bonds is 6. The number of alkyl halides is 1. The maximum absolute atomic E-state index is 11.9. The molecule has 1 N–H and O–H groups in total. The fourth-order valence-corrected chi connectivity index (χ4v) is 1.38. The highest BCUT2D eigenvalue weighted by Crippen LogP contribution is 2.20. The highest BCUT2D eigenvalue weighted by molar-refractivity contribution is 6.02. The first kappa shape index (κ1) is 12.5. The molecule has 0 fully saturated rings. The van der Waals surface area contributed by atoms with Crippen LogP contribution in [0.25, 0.3) is 0 Å². The first-order valence-corrected chi connectivity index (χ1v) is 5.32.